The van der Waals surface area contributed by atoms with Crippen molar-refractivity contribution in [1.29, 1.82) is 0 Å². The topological polar surface area (TPSA) is 83.9 Å². The SMILES string of the molecule is CC1c2cc(-c3c[nH]c4cc(F)ccc34)ccc2S(=O)(=O)N1Cc1ncn(C)n1. The Hall–Kier alpha value is -3.04. The van der Waals surface area contributed by atoms with Gasteiger partial charge in [-0.15, -0.1) is 0 Å². The van der Waals surface area contributed by atoms with E-state index in [1.54, 1.807) is 36.3 Å². The van der Waals surface area contributed by atoms with E-state index in [1.165, 1.54) is 16.4 Å². The highest BCUT2D eigenvalue weighted by molar-refractivity contribution is 7.89. The summed E-state index contributed by atoms with van der Waals surface area (Å²) in [4.78, 5) is 7.53. The Morgan fingerprint density at radius 3 is 2.79 bits per heavy atom. The van der Waals surface area contributed by atoms with Crippen molar-refractivity contribution in [3.05, 3.63) is 66.1 Å². The molecule has 1 aliphatic rings. The summed E-state index contributed by atoms with van der Waals surface area (Å²) >= 11 is 0. The van der Waals surface area contributed by atoms with Crippen molar-refractivity contribution in [2.24, 2.45) is 7.05 Å². The van der Waals surface area contributed by atoms with Gasteiger partial charge in [-0.25, -0.2) is 17.8 Å². The van der Waals surface area contributed by atoms with Crippen LogP contribution in [0.2, 0.25) is 0 Å². The highest BCUT2D eigenvalue weighted by atomic mass is 32.2. The van der Waals surface area contributed by atoms with E-state index in [2.05, 4.69) is 15.1 Å². The van der Waals surface area contributed by atoms with Crippen molar-refractivity contribution in [3.8, 4) is 11.1 Å². The quantitative estimate of drug-likeness (QED) is 0.560. The van der Waals surface area contributed by atoms with Gasteiger partial charge in [-0.2, -0.15) is 9.40 Å². The van der Waals surface area contributed by atoms with Crippen LogP contribution in [0.15, 0.2) is 53.8 Å². The predicted molar refractivity (Wildman–Crippen MR) is 106 cm³/mol. The van der Waals surface area contributed by atoms with Crippen molar-refractivity contribution in [1.82, 2.24) is 24.1 Å². The zero-order chi connectivity index (χ0) is 20.3. The number of H-pyrrole nitrogens is 1. The lowest BCUT2D eigenvalue weighted by molar-refractivity contribution is 0.346. The normalized spacial score (nSPS) is 18.4. The Bertz CT molecular complexity index is 1360. The Labute approximate surface area is 166 Å². The molecule has 148 valence electrons. The lowest BCUT2D eigenvalue weighted by Crippen LogP contribution is -2.27. The van der Waals surface area contributed by atoms with E-state index in [1.807, 2.05) is 19.2 Å². The fourth-order valence-corrected chi connectivity index (χ4v) is 5.76. The van der Waals surface area contributed by atoms with Crippen LogP contribution in [-0.2, 0) is 23.6 Å². The highest BCUT2D eigenvalue weighted by Gasteiger charge is 2.41. The van der Waals surface area contributed by atoms with E-state index < -0.39 is 10.0 Å². The third kappa shape index (κ3) is 2.77. The first-order chi connectivity index (χ1) is 13.8. The number of aromatic amines is 1. The standard InChI is InChI=1S/C20H18FN5O2S/c1-12-16-7-13(17-9-22-18-8-14(21)4-5-15(17)18)3-6-19(16)29(27,28)26(12)10-20-23-11-25(2)24-20/h3-9,11-12,22H,10H2,1-2H3. The molecule has 2 aromatic heterocycles. The van der Waals surface area contributed by atoms with E-state index in [0.29, 0.717) is 16.2 Å². The molecule has 0 radical (unpaired) electrons. The number of rotatable bonds is 3. The number of hydrogen-bond acceptors (Lipinski definition) is 4. The number of benzene rings is 2. The van der Waals surface area contributed by atoms with Gasteiger partial charge >= 0.3 is 0 Å². The van der Waals surface area contributed by atoms with Crippen LogP contribution >= 0.6 is 0 Å². The maximum absolute atomic E-state index is 13.5. The van der Waals surface area contributed by atoms with Crippen LogP contribution in [0.4, 0.5) is 4.39 Å². The summed E-state index contributed by atoms with van der Waals surface area (Å²) in [5.74, 6) is 0.146. The molecule has 1 aliphatic heterocycles. The molecule has 4 aromatic rings. The second-order valence-electron chi connectivity index (χ2n) is 7.21. The van der Waals surface area contributed by atoms with Crippen LogP contribution in [-0.4, -0.2) is 32.5 Å². The maximum Gasteiger partial charge on any atom is 0.244 e. The zero-order valence-electron chi connectivity index (χ0n) is 15.8. The van der Waals surface area contributed by atoms with Crippen LogP contribution in [0.5, 0.6) is 0 Å². The number of aromatic nitrogens is 4. The van der Waals surface area contributed by atoms with E-state index in [4.69, 9.17) is 0 Å². The molecule has 2 aromatic carbocycles. The maximum atomic E-state index is 13.5. The van der Waals surface area contributed by atoms with Crippen molar-refractivity contribution < 1.29 is 12.8 Å². The average Bonchev–Trinajstić information content (AvgIpc) is 3.34. The Morgan fingerprint density at radius 1 is 1.21 bits per heavy atom. The minimum Gasteiger partial charge on any atom is -0.360 e. The molecule has 0 spiro atoms. The Kier molecular flexibility index (Phi) is 3.87. The monoisotopic (exact) mass is 411 g/mol. The molecule has 1 atom stereocenters. The van der Waals surface area contributed by atoms with Gasteiger partial charge in [0.1, 0.15) is 12.1 Å². The summed E-state index contributed by atoms with van der Waals surface area (Å²) in [6.45, 7) is 1.97. The van der Waals surface area contributed by atoms with E-state index in [-0.39, 0.29) is 18.4 Å². The molecule has 5 rings (SSSR count). The van der Waals surface area contributed by atoms with Gasteiger partial charge in [0.25, 0.3) is 0 Å². The molecule has 0 fully saturated rings. The first-order valence-corrected chi connectivity index (χ1v) is 10.6. The van der Waals surface area contributed by atoms with Crippen molar-refractivity contribution in [2.45, 2.75) is 24.4 Å². The number of hydrogen-bond donors (Lipinski definition) is 1. The molecule has 7 nitrogen and oxygen atoms in total. The molecule has 0 aliphatic carbocycles. The molecule has 3 heterocycles. The fraction of sp³-hybridized carbons (Fsp3) is 0.200. The first kappa shape index (κ1) is 18.0. The summed E-state index contributed by atoms with van der Waals surface area (Å²) in [6, 6.07) is 9.57. The molecular formula is C20H18FN5O2S. The smallest absolute Gasteiger partial charge is 0.244 e. The minimum atomic E-state index is -3.63. The molecule has 0 saturated carbocycles. The van der Waals surface area contributed by atoms with Gasteiger partial charge in [0.15, 0.2) is 5.82 Å². The van der Waals surface area contributed by atoms with E-state index in [0.717, 1.165) is 22.1 Å². The Balaban J connectivity index is 1.57. The molecule has 1 unspecified atom stereocenters. The first-order valence-electron chi connectivity index (χ1n) is 9.12. The molecule has 1 N–H and O–H groups in total. The number of nitrogens with one attached hydrogen (secondary N) is 1. The number of nitrogens with zero attached hydrogens (tertiary/aromatic N) is 4. The second-order valence-corrected chi connectivity index (χ2v) is 9.06. The Morgan fingerprint density at radius 2 is 2.03 bits per heavy atom. The number of sulfonamides is 1. The molecule has 0 saturated heterocycles. The van der Waals surface area contributed by atoms with Crippen molar-refractivity contribution in [3.63, 3.8) is 0 Å². The largest absolute Gasteiger partial charge is 0.360 e. The highest BCUT2D eigenvalue weighted by Crippen LogP contribution is 2.42. The van der Waals surface area contributed by atoms with Gasteiger partial charge in [0.2, 0.25) is 10.0 Å². The van der Waals surface area contributed by atoms with Crippen LogP contribution in [0.25, 0.3) is 22.0 Å². The van der Waals surface area contributed by atoms with Crippen LogP contribution in [0.3, 0.4) is 0 Å². The van der Waals surface area contributed by atoms with Crippen LogP contribution < -0.4 is 0 Å². The van der Waals surface area contributed by atoms with Gasteiger partial charge in [0, 0.05) is 35.8 Å². The third-order valence-corrected chi connectivity index (χ3v) is 7.37. The second kappa shape index (κ2) is 6.23. The molecular weight excluding hydrogens is 393 g/mol. The van der Waals surface area contributed by atoms with Gasteiger partial charge in [-0.3, -0.25) is 4.68 Å². The number of aryl methyl sites for hydroxylation is 1. The van der Waals surface area contributed by atoms with Crippen molar-refractivity contribution in [2.75, 3.05) is 0 Å². The van der Waals surface area contributed by atoms with Crippen LogP contribution in [0.1, 0.15) is 24.4 Å². The summed E-state index contributed by atoms with van der Waals surface area (Å²) in [5.41, 5.74) is 3.21. The van der Waals surface area contributed by atoms with Gasteiger partial charge < -0.3 is 4.98 Å². The molecule has 29 heavy (non-hydrogen) atoms. The van der Waals surface area contributed by atoms with Gasteiger partial charge in [-0.1, -0.05) is 6.07 Å². The zero-order valence-corrected chi connectivity index (χ0v) is 16.6. The van der Waals surface area contributed by atoms with Crippen molar-refractivity contribution >= 4 is 20.9 Å². The predicted octanol–water partition coefficient (Wildman–Crippen LogP) is 3.37. The summed E-state index contributed by atoms with van der Waals surface area (Å²) in [6.07, 6.45) is 3.36. The van der Waals surface area contributed by atoms with E-state index >= 15 is 0 Å². The third-order valence-electron chi connectivity index (χ3n) is 5.38. The lowest BCUT2D eigenvalue weighted by atomic mass is 9.99. The molecule has 0 bridgehead atoms. The fourth-order valence-electron chi connectivity index (χ4n) is 3.92. The summed E-state index contributed by atoms with van der Waals surface area (Å²) in [5, 5.41) is 5.08. The summed E-state index contributed by atoms with van der Waals surface area (Å²) in [7, 11) is -1.89. The average molecular weight is 411 g/mol. The number of halogens is 1. The van der Waals surface area contributed by atoms with Crippen LogP contribution in [0, 0.1) is 5.82 Å². The summed E-state index contributed by atoms with van der Waals surface area (Å²) < 4.78 is 42.6. The lowest BCUT2D eigenvalue weighted by Gasteiger charge is -2.18. The molecule has 0 amide bonds. The number of fused-ring (bicyclic) bond motifs is 2. The van der Waals surface area contributed by atoms with Gasteiger partial charge in [0.05, 0.1) is 11.4 Å². The molecule has 9 heteroatoms. The van der Waals surface area contributed by atoms with Gasteiger partial charge in [-0.05, 0) is 48.4 Å². The van der Waals surface area contributed by atoms with E-state index in [9.17, 15) is 12.8 Å². The minimum absolute atomic E-state index is 0.112.